The molecule has 29 heavy (non-hydrogen) atoms. The number of ether oxygens (including phenoxy) is 2. The Morgan fingerprint density at radius 3 is 2.41 bits per heavy atom. The van der Waals surface area contributed by atoms with E-state index in [9.17, 15) is 13.2 Å². The molecule has 2 rings (SSSR count). The zero-order valence-electron chi connectivity index (χ0n) is 17.2. The highest BCUT2D eigenvalue weighted by Gasteiger charge is 2.20. The first kappa shape index (κ1) is 22.7. The summed E-state index contributed by atoms with van der Waals surface area (Å²) in [6, 6.07) is 13.4. The van der Waals surface area contributed by atoms with Crippen molar-refractivity contribution >= 4 is 15.9 Å². The van der Waals surface area contributed by atoms with E-state index < -0.39 is 10.0 Å². The lowest BCUT2D eigenvalue weighted by Gasteiger charge is -2.19. The number of nitrogens with zero attached hydrogens (tertiary/aromatic N) is 1. The van der Waals surface area contributed by atoms with Crippen LogP contribution in [0.15, 0.2) is 53.4 Å². The Balaban J connectivity index is 1.90. The minimum Gasteiger partial charge on any atom is -0.497 e. The summed E-state index contributed by atoms with van der Waals surface area (Å²) in [5.41, 5.74) is 0.809. The summed E-state index contributed by atoms with van der Waals surface area (Å²) >= 11 is 0. The highest BCUT2D eigenvalue weighted by molar-refractivity contribution is 7.89. The van der Waals surface area contributed by atoms with Gasteiger partial charge in [0.15, 0.2) is 0 Å². The fourth-order valence-electron chi connectivity index (χ4n) is 2.92. The fraction of sp³-hybridized carbons (Fsp3) is 0.381. The van der Waals surface area contributed by atoms with Crippen LogP contribution in [0.1, 0.15) is 31.4 Å². The normalized spacial score (nSPS) is 12.4. The third kappa shape index (κ3) is 5.95. The third-order valence-corrected chi connectivity index (χ3v) is 6.48. The van der Waals surface area contributed by atoms with Crippen LogP contribution in [-0.2, 0) is 14.8 Å². The zero-order valence-corrected chi connectivity index (χ0v) is 18.0. The minimum atomic E-state index is -3.55. The Bertz CT molecular complexity index is 916. The molecule has 0 radical (unpaired) electrons. The van der Waals surface area contributed by atoms with Gasteiger partial charge in [0, 0.05) is 25.6 Å². The van der Waals surface area contributed by atoms with Crippen molar-refractivity contribution in [3.05, 3.63) is 54.1 Å². The number of hydrogen-bond donors (Lipinski definition) is 1. The van der Waals surface area contributed by atoms with Crippen molar-refractivity contribution in [3.8, 4) is 11.5 Å². The van der Waals surface area contributed by atoms with Crippen molar-refractivity contribution in [2.24, 2.45) is 0 Å². The molecular weight excluding hydrogens is 392 g/mol. The van der Waals surface area contributed by atoms with Gasteiger partial charge in [-0.05, 0) is 43.7 Å². The summed E-state index contributed by atoms with van der Waals surface area (Å²) in [7, 11) is 1.12. The van der Waals surface area contributed by atoms with E-state index in [0.717, 1.165) is 5.56 Å². The van der Waals surface area contributed by atoms with E-state index in [0.29, 0.717) is 17.9 Å². The SMILES string of the molecule is COc1ccc(OC)c([C@@H](C)NC(=O)CCCN(C)S(=O)(=O)c2ccccc2)c1. The van der Waals surface area contributed by atoms with E-state index in [2.05, 4.69) is 5.32 Å². The lowest BCUT2D eigenvalue weighted by Crippen LogP contribution is -2.30. The van der Waals surface area contributed by atoms with Crippen LogP contribution in [0.4, 0.5) is 0 Å². The van der Waals surface area contributed by atoms with Crippen molar-refractivity contribution < 1.29 is 22.7 Å². The molecule has 0 unspecified atom stereocenters. The van der Waals surface area contributed by atoms with Gasteiger partial charge in [0.05, 0.1) is 25.2 Å². The van der Waals surface area contributed by atoms with Crippen LogP contribution in [0, 0.1) is 0 Å². The summed E-state index contributed by atoms with van der Waals surface area (Å²) in [4.78, 5) is 12.6. The number of benzene rings is 2. The molecule has 0 aliphatic carbocycles. The van der Waals surface area contributed by atoms with Crippen molar-refractivity contribution in [2.75, 3.05) is 27.8 Å². The molecular formula is C21H28N2O5S. The van der Waals surface area contributed by atoms with E-state index in [4.69, 9.17) is 9.47 Å². The summed E-state index contributed by atoms with van der Waals surface area (Å²) in [5.74, 6) is 1.18. The third-order valence-electron chi connectivity index (χ3n) is 4.61. The molecule has 2 aromatic carbocycles. The second-order valence-corrected chi connectivity index (χ2v) is 8.69. The molecule has 158 valence electrons. The minimum absolute atomic E-state index is 0.159. The Labute approximate surface area is 172 Å². The first-order valence-electron chi connectivity index (χ1n) is 9.32. The van der Waals surface area contributed by atoms with Crippen molar-refractivity contribution in [1.29, 1.82) is 0 Å². The van der Waals surface area contributed by atoms with Crippen LogP contribution in [0.3, 0.4) is 0 Å². The molecule has 0 heterocycles. The van der Waals surface area contributed by atoms with Crippen LogP contribution < -0.4 is 14.8 Å². The second-order valence-electron chi connectivity index (χ2n) is 6.64. The molecule has 0 aromatic heterocycles. The summed E-state index contributed by atoms with van der Waals surface area (Å²) in [6.07, 6.45) is 0.627. The maximum absolute atomic E-state index is 12.5. The molecule has 0 fully saturated rings. The number of rotatable bonds is 10. The van der Waals surface area contributed by atoms with Gasteiger partial charge in [0.1, 0.15) is 11.5 Å². The molecule has 0 bridgehead atoms. The second kappa shape index (κ2) is 10.3. The predicted octanol–water partition coefficient (Wildman–Crippen LogP) is 2.98. The molecule has 0 aliphatic heterocycles. The van der Waals surface area contributed by atoms with E-state index in [-0.39, 0.29) is 29.8 Å². The summed E-state index contributed by atoms with van der Waals surface area (Å²) < 4.78 is 36.9. The molecule has 1 atom stereocenters. The van der Waals surface area contributed by atoms with Gasteiger partial charge in [0.2, 0.25) is 15.9 Å². The summed E-state index contributed by atoms with van der Waals surface area (Å²) in [5, 5.41) is 2.92. The molecule has 2 aromatic rings. The number of carbonyl (C=O) groups is 1. The van der Waals surface area contributed by atoms with Crippen LogP contribution in [0.25, 0.3) is 0 Å². The van der Waals surface area contributed by atoms with Gasteiger partial charge in [0.25, 0.3) is 0 Å². The maximum Gasteiger partial charge on any atom is 0.242 e. The summed E-state index contributed by atoms with van der Waals surface area (Å²) in [6.45, 7) is 2.11. The average Bonchev–Trinajstić information content (AvgIpc) is 2.73. The molecule has 8 heteroatoms. The monoisotopic (exact) mass is 420 g/mol. The molecule has 1 amide bonds. The number of carbonyl (C=O) groups excluding carboxylic acids is 1. The molecule has 7 nitrogen and oxygen atoms in total. The van der Waals surface area contributed by atoms with Gasteiger partial charge < -0.3 is 14.8 Å². The Hall–Kier alpha value is -2.58. The van der Waals surface area contributed by atoms with Crippen LogP contribution in [-0.4, -0.2) is 46.4 Å². The standard InChI is InChI=1S/C21H28N2O5S/c1-16(19-15-17(27-3)12-13-20(19)28-4)22-21(24)11-8-14-23(2)29(25,26)18-9-6-5-7-10-18/h5-7,9-10,12-13,15-16H,8,11,14H2,1-4H3,(H,22,24)/t16-/m1/s1. The highest BCUT2D eigenvalue weighted by Crippen LogP contribution is 2.29. The lowest BCUT2D eigenvalue weighted by atomic mass is 10.1. The molecule has 0 saturated carbocycles. The highest BCUT2D eigenvalue weighted by atomic mass is 32.2. The van der Waals surface area contributed by atoms with Crippen LogP contribution in [0.2, 0.25) is 0 Å². The van der Waals surface area contributed by atoms with Gasteiger partial charge in [-0.2, -0.15) is 0 Å². The number of sulfonamides is 1. The average molecular weight is 421 g/mol. The van der Waals surface area contributed by atoms with Crippen molar-refractivity contribution in [3.63, 3.8) is 0 Å². The topological polar surface area (TPSA) is 84.9 Å². The number of methoxy groups -OCH3 is 2. The predicted molar refractivity (Wildman–Crippen MR) is 112 cm³/mol. The van der Waals surface area contributed by atoms with E-state index >= 15 is 0 Å². The van der Waals surface area contributed by atoms with Gasteiger partial charge >= 0.3 is 0 Å². The van der Waals surface area contributed by atoms with E-state index in [1.54, 1.807) is 56.7 Å². The fourth-order valence-corrected chi connectivity index (χ4v) is 4.15. The molecule has 0 spiro atoms. The lowest BCUT2D eigenvalue weighted by molar-refractivity contribution is -0.121. The van der Waals surface area contributed by atoms with E-state index in [1.807, 2.05) is 13.0 Å². The molecule has 0 saturated heterocycles. The Morgan fingerprint density at radius 2 is 1.79 bits per heavy atom. The van der Waals surface area contributed by atoms with Crippen LogP contribution in [0.5, 0.6) is 11.5 Å². The van der Waals surface area contributed by atoms with Gasteiger partial charge in [-0.1, -0.05) is 18.2 Å². The maximum atomic E-state index is 12.5. The van der Waals surface area contributed by atoms with Gasteiger partial charge in [-0.3, -0.25) is 4.79 Å². The van der Waals surface area contributed by atoms with E-state index in [1.165, 1.54) is 11.4 Å². The number of amides is 1. The first-order chi connectivity index (χ1) is 13.8. The Morgan fingerprint density at radius 1 is 1.10 bits per heavy atom. The van der Waals surface area contributed by atoms with Gasteiger partial charge in [-0.25, -0.2) is 12.7 Å². The molecule has 1 N–H and O–H groups in total. The smallest absolute Gasteiger partial charge is 0.242 e. The van der Waals surface area contributed by atoms with Crippen LogP contribution >= 0.6 is 0 Å². The zero-order chi connectivity index (χ0) is 21.4. The molecule has 0 aliphatic rings. The van der Waals surface area contributed by atoms with Gasteiger partial charge in [-0.15, -0.1) is 0 Å². The largest absolute Gasteiger partial charge is 0.497 e. The number of nitrogens with one attached hydrogen (secondary N) is 1. The first-order valence-corrected chi connectivity index (χ1v) is 10.8. The number of hydrogen-bond acceptors (Lipinski definition) is 5. The van der Waals surface area contributed by atoms with Crippen molar-refractivity contribution in [2.45, 2.75) is 30.7 Å². The Kier molecular flexibility index (Phi) is 8.04. The van der Waals surface area contributed by atoms with Crippen molar-refractivity contribution in [1.82, 2.24) is 9.62 Å². The quantitative estimate of drug-likeness (QED) is 0.639.